The Hall–Kier alpha value is -0.860. The second-order valence-electron chi connectivity index (χ2n) is 4.60. The number of aliphatic hydroxyl groups is 1. The van der Waals surface area contributed by atoms with Crippen molar-refractivity contribution >= 4 is 0 Å². The number of nitrogens with one attached hydrogen (secondary N) is 1. The highest BCUT2D eigenvalue weighted by molar-refractivity contribution is 5.24. The fourth-order valence-corrected chi connectivity index (χ4v) is 2.05. The van der Waals surface area contributed by atoms with E-state index in [2.05, 4.69) is 50.4 Å². The summed E-state index contributed by atoms with van der Waals surface area (Å²) in [6, 6.07) is 9.53. The summed E-state index contributed by atoms with van der Waals surface area (Å²) in [5.41, 5.74) is 2.70. The van der Waals surface area contributed by atoms with Crippen molar-refractivity contribution in [1.29, 1.82) is 0 Å². The maximum absolute atomic E-state index is 8.98. The average Bonchev–Trinajstić information content (AvgIpc) is 2.38. The third kappa shape index (κ3) is 4.49. The lowest BCUT2D eigenvalue weighted by atomic mass is 10.0. The number of hydrogen-bond acceptors (Lipinski definition) is 2. The van der Waals surface area contributed by atoms with Gasteiger partial charge in [0.15, 0.2) is 0 Å². The molecule has 1 aromatic rings. The molecule has 2 heteroatoms. The van der Waals surface area contributed by atoms with Crippen LogP contribution in [0.25, 0.3) is 0 Å². The van der Waals surface area contributed by atoms with Gasteiger partial charge in [0.05, 0.1) is 0 Å². The summed E-state index contributed by atoms with van der Waals surface area (Å²) in [6.45, 7) is 6.76. The highest BCUT2D eigenvalue weighted by Gasteiger charge is 2.11. The van der Waals surface area contributed by atoms with Gasteiger partial charge >= 0.3 is 0 Å². The van der Waals surface area contributed by atoms with Gasteiger partial charge in [0, 0.05) is 18.7 Å². The van der Waals surface area contributed by atoms with Crippen LogP contribution in [0.1, 0.15) is 50.8 Å². The third-order valence-corrected chi connectivity index (χ3v) is 3.34. The fraction of sp³-hybridized carbons (Fsp3) is 0.600. The zero-order valence-electron chi connectivity index (χ0n) is 11.2. The Morgan fingerprint density at radius 2 is 1.82 bits per heavy atom. The molecule has 2 N–H and O–H groups in total. The molecule has 0 bridgehead atoms. The summed E-state index contributed by atoms with van der Waals surface area (Å²) in [4.78, 5) is 0. The Labute approximate surface area is 105 Å². The van der Waals surface area contributed by atoms with Crippen molar-refractivity contribution in [1.82, 2.24) is 5.32 Å². The van der Waals surface area contributed by atoms with Crippen molar-refractivity contribution in [2.45, 2.75) is 52.1 Å². The summed E-state index contributed by atoms with van der Waals surface area (Å²) in [6.07, 6.45) is 2.97. The Balaban J connectivity index is 2.58. The van der Waals surface area contributed by atoms with Crippen molar-refractivity contribution in [2.24, 2.45) is 0 Å². The van der Waals surface area contributed by atoms with Crippen LogP contribution in [0.3, 0.4) is 0 Å². The van der Waals surface area contributed by atoms with Gasteiger partial charge in [-0.3, -0.25) is 0 Å². The quantitative estimate of drug-likeness (QED) is 0.761. The van der Waals surface area contributed by atoms with Crippen molar-refractivity contribution in [3.05, 3.63) is 35.4 Å². The average molecular weight is 235 g/mol. The minimum absolute atomic E-state index is 0.257. The lowest BCUT2D eigenvalue weighted by Gasteiger charge is -2.22. The molecule has 0 heterocycles. The molecular weight excluding hydrogens is 210 g/mol. The monoisotopic (exact) mass is 235 g/mol. The number of aliphatic hydroxyl groups excluding tert-OH is 1. The van der Waals surface area contributed by atoms with E-state index in [1.807, 2.05) is 0 Å². The van der Waals surface area contributed by atoms with Gasteiger partial charge in [0.2, 0.25) is 0 Å². The van der Waals surface area contributed by atoms with E-state index < -0.39 is 0 Å². The maximum Gasteiger partial charge on any atom is 0.0445 e. The topological polar surface area (TPSA) is 32.3 Å². The predicted octanol–water partition coefficient (Wildman–Crippen LogP) is 3.06. The number of aryl methyl sites for hydroxylation is 1. The molecule has 2 unspecified atom stereocenters. The van der Waals surface area contributed by atoms with E-state index in [1.54, 1.807) is 0 Å². The van der Waals surface area contributed by atoms with Crippen LogP contribution in [0.2, 0.25) is 0 Å². The Morgan fingerprint density at radius 3 is 2.29 bits per heavy atom. The first kappa shape index (κ1) is 14.2. The van der Waals surface area contributed by atoms with Crippen LogP contribution in [0, 0.1) is 0 Å². The Kier molecular flexibility index (Phi) is 6.23. The zero-order valence-corrected chi connectivity index (χ0v) is 11.2. The van der Waals surface area contributed by atoms with Crippen LogP contribution in [-0.4, -0.2) is 17.8 Å². The van der Waals surface area contributed by atoms with Crippen molar-refractivity contribution in [3.63, 3.8) is 0 Å². The van der Waals surface area contributed by atoms with E-state index in [-0.39, 0.29) is 6.61 Å². The van der Waals surface area contributed by atoms with Crippen molar-refractivity contribution < 1.29 is 5.11 Å². The van der Waals surface area contributed by atoms with Crippen LogP contribution in [0.15, 0.2) is 24.3 Å². The van der Waals surface area contributed by atoms with E-state index in [0.29, 0.717) is 12.1 Å². The number of hydrogen-bond donors (Lipinski definition) is 2. The molecule has 17 heavy (non-hydrogen) atoms. The van der Waals surface area contributed by atoms with Gasteiger partial charge in [-0.15, -0.1) is 0 Å². The maximum atomic E-state index is 8.98. The number of rotatable bonds is 7. The van der Waals surface area contributed by atoms with Crippen molar-refractivity contribution in [3.8, 4) is 0 Å². The van der Waals surface area contributed by atoms with Crippen LogP contribution >= 0.6 is 0 Å². The summed E-state index contributed by atoms with van der Waals surface area (Å²) in [7, 11) is 0. The standard InChI is InChI=1S/C15H25NO/c1-4-13-6-8-14(9-7-13)12(3)16-15(5-2)10-11-17/h6-9,12,15-17H,4-5,10-11H2,1-3H3. The van der Waals surface area contributed by atoms with Gasteiger partial charge in [-0.1, -0.05) is 38.1 Å². The van der Waals surface area contributed by atoms with Gasteiger partial charge < -0.3 is 10.4 Å². The first-order valence-electron chi connectivity index (χ1n) is 6.67. The first-order chi connectivity index (χ1) is 8.21. The summed E-state index contributed by atoms with van der Waals surface area (Å²) >= 11 is 0. The SMILES string of the molecule is CCc1ccc(C(C)NC(CC)CCO)cc1. The zero-order chi connectivity index (χ0) is 12.7. The molecule has 0 aliphatic rings. The van der Waals surface area contributed by atoms with Crippen molar-refractivity contribution in [2.75, 3.05) is 6.61 Å². The summed E-state index contributed by atoms with van der Waals surface area (Å²) < 4.78 is 0. The van der Waals surface area contributed by atoms with E-state index in [0.717, 1.165) is 19.3 Å². The molecule has 0 aliphatic carbocycles. The van der Waals surface area contributed by atoms with Crippen LogP contribution in [-0.2, 0) is 6.42 Å². The van der Waals surface area contributed by atoms with Crippen LogP contribution < -0.4 is 5.32 Å². The summed E-state index contributed by atoms with van der Waals surface area (Å²) in [5, 5.41) is 12.5. The summed E-state index contributed by atoms with van der Waals surface area (Å²) in [5.74, 6) is 0. The molecule has 0 radical (unpaired) electrons. The van der Waals surface area contributed by atoms with Crippen LogP contribution in [0.4, 0.5) is 0 Å². The van der Waals surface area contributed by atoms with Crippen LogP contribution in [0.5, 0.6) is 0 Å². The number of benzene rings is 1. The third-order valence-electron chi connectivity index (χ3n) is 3.34. The molecular formula is C15H25NO. The van der Waals surface area contributed by atoms with Gasteiger partial charge in [-0.25, -0.2) is 0 Å². The molecule has 2 atom stereocenters. The van der Waals surface area contributed by atoms with E-state index in [9.17, 15) is 0 Å². The van der Waals surface area contributed by atoms with Gasteiger partial charge in [-0.2, -0.15) is 0 Å². The molecule has 96 valence electrons. The molecule has 1 aromatic carbocycles. The molecule has 0 aliphatic heterocycles. The minimum atomic E-state index is 0.257. The second-order valence-corrected chi connectivity index (χ2v) is 4.60. The minimum Gasteiger partial charge on any atom is -0.396 e. The Morgan fingerprint density at radius 1 is 1.18 bits per heavy atom. The van der Waals surface area contributed by atoms with Gasteiger partial charge in [0.25, 0.3) is 0 Å². The largest absolute Gasteiger partial charge is 0.396 e. The first-order valence-corrected chi connectivity index (χ1v) is 6.67. The highest BCUT2D eigenvalue weighted by Crippen LogP contribution is 2.15. The highest BCUT2D eigenvalue weighted by atomic mass is 16.3. The molecule has 0 saturated heterocycles. The molecule has 0 aromatic heterocycles. The normalized spacial score (nSPS) is 14.6. The predicted molar refractivity (Wildman–Crippen MR) is 73.2 cm³/mol. The van der Waals surface area contributed by atoms with E-state index >= 15 is 0 Å². The molecule has 1 rings (SSSR count). The van der Waals surface area contributed by atoms with E-state index in [1.165, 1.54) is 11.1 Å². The lowest BCUT2D eigenvalue weighted by Crippen LogP contribution is -2.31. The molecule has 0 amide bonds. The molecule has 0 spiro atoms. The lowest BCUT2D eigenvalue weighted by molar-refractivity contribution is 0.257. The van der Waals surface area contributed by atoms with E-state index in [4.69, 9.17) is 5.11 Å². The van der Waals surface area contributed by atoms with Gasteiger partial charge in [-0.05, 0) is 37.3 Å². The second kappa shape index (κ2) is 7.46. The molecule has 0 saturated carbocycles. The Bertz CT molecular complexity index is 307. The van der Waals surface area contributed by atoms with Gasteiger partial charge in [0.1, 0.15) is 0 Å². The fourth-order valence-electron chi connectivity index (χ4n) is 2.05. The molecule has 0 fully saturated rings. The molecule has 2 nitrogen and oxygen atoms in total. The smallest absolute Gasteiger partial charge is 0.0445 e.